The smallest absolute Gasteiger partial charge is 0.106 e. The zero-order valence-corrected chi connectivity index (χ0v) is 9.18. The summed E-state index contributed by atoms with van der Waals surface area (Å²) in [6.45, 7) is 3.32. The molecule has 2 nitrogen and oxygen atoms in total. The van der Waals surface area contributed by atoms with Gasteiger partial charge in [0.2, 0.25) is 0 Å². The summed E-state index contributed by atoms with van der Waals surface area (Å²) < 4.78 is 0. The molecule has 1 fully saturated rings. The van der Waals surface area contributed by atoms with E-state index in [1.54, 1.807) is 0 Å². The lowest BCUT2D eigenvalue weighted by molar-refractivity contribution is 0.508. The molecule has 2 atom stereocenters. The fourth-order valence-electron chi connectivity index (χ4n) is 1.60. The van der Waals surface area contributed by atoms with Crippen molar-refractivity contribution in [2.45, 2.75) is 18.5 Å². The van der Waals surface area contributed by atoms with Crippen molar-refractivity contribution < 1.29 is 0 Å². The Labute approximate surface area is 89.5 Å². The van der Waals surface area contributed by atoms with Crippen molar-refractivity contribution in [3.63, 3.8) is 0 Å². The molecule has 14 heavy (non-hydrogen) atoms. The predicted octanol–water partition coefficient (Wildman–Crippen LogP) is 1.96. The second-order valence-electron chi connectivity index (χ2n) is 3.50. The van der Waals surface area contributed by atoms with Gasteiger partial charge >= 0.3 is 0 Å². The van der Waals surface area contributed by atoms with Crippen LogP contribution in [0.25, 0.3) is 0 Å². The van der Waals surface area contributed by atoms with E-state index in [0.29, 0.717) is 11.5 Å². The van der Waals surface area contributed by atoms with Gasteiger partial charge in [-0.2, -0.15) is 0 Å². The van der Waals surface area contributed by atoms with Crippen LogP contribution in [0.4, 0.5) is 0 Å². The Kier molecular flexibility index (Phi) is 3.45. The first-order valence-corrected chi connectivity index (χ1v) is 6.07. The summed E-state index contributed by atoms with van der Waals surface area (Å²) >= 11 is 1.94. The van der Waals surface area contributed by atoms with Gasteiger partial charge in [-0.05, 0) is 12.5 Å². The third-order valence-corrected chi connectivity index (χ3v) is 3.49. The van der Waals surface area contributed by atoms with Gasteiger partial charge in [-0.15, -0.1) is 11.8 Å². The van der Waals surface area contributed by atoms with Crippen LogP contribution in [-0.2, 0) is 0 Å². The fraction of sp³-hybridized carbons (Fsp3) is 0.455. The molecule has 1 aromatic rings. The largest absolute Gasteiger partial charge is 0.293 e. The molecule has 1 saturated heterocycles. The molecule has 1 aromatic carbocycles. The maximum absolute atomic E-state index is 3.55. The second-order valence-corrected chi connectivity index (χ2v) is 4.72. The molecule has 0 amide bonds. The van der Waals surface area contributed by atoms with E-state index in [1.807, 2.05) is 11.8 Å². The first kappa shape index (κ1) is 10.0. The van der Waals surface area contributed by atoms with Crippen LogP contribution in [0.15, 0.2) is 30.3 Å². The Morgan fingerprint density at radius 1 is 1.43 bits per heavy atom. The summed E-state index contributed by atoms with van der Waals surface area (Å²) in [7, 11) is 0. The molecule has 0 saturated carbocycles. The van der Waals surface area contributed by atoms with Crippen molar-refractivity contribution in [1.82, 2.24) is 10.6 Å². The van der Waals surface area contributed by atoms with Crippen molar-refractivity contribution in [2.75, 3.05) is 12.3 Å². The molecule has 76 valence electrons. The van der Waals surface area contributed by atoms with Crippen molar-refractivity contribution in [1.29, 1.82) is 0 Å². The SMILES string of the molecule is C[C@@H](NC1NCCS1)c1ccccc1. The van der Waals surface area contributed by atoms with E-state index in [2.05, 4.69) is 47.9 Å². The molecule has 0 radical (unpaired) electrons. The van der Waals surface area contributed by atoms with Crippen LogP contribution >= 0.6 is 11.8 Å². The third kappa shape index (κ3) is 2.50. The minimum Gasteiger partial charge on any atom is -0.293 e. The Bertz CT molecular complexity index is 270. The highest BCUT2D eigenvalue weighted by Gasteiger charge is 2.16. The van der Waals surface area contributed by atoms with Crippen LogP contribution in [0, 0.1) is 0 Å². The molecule has 1 unspecified atom stereocenters. The highest BCUT2D eigenvalue weighted by Crippen LogP contribution is 2.17. The molecular formula is C11H16N2S. The van der Waals surface area contributed by atoms with Gasteiger partial charge in [0.1, 0.15) is 5.50 Å². The second kappa shape index (κ2) is 4.82. The summed E-state index contributed by atoms with van der Waals surface area (Å²) in [6.07, 6.45) is 0. The van der Waals surface area contributed by atoms with Gasteiger partial charge in [-0.3, -0.25) is 10.6 Å². The maximum atomic E-state index is 3.55. The minimum atomic E-state index is 0.416. The topological polar surface area (TPSA) is 24.1 Å². The van der Waals surface area contributed by atoms with Crippen LogP contribution in [0.5, 0.6) is 0 Å². The third-order valence-electron chi connectivity index (χ3n) is 2.42. The average Bonchev–Trinajstić information content (AvgIpc) is 2.72. The Balaban J connectivity index is 1.92. The number of rotatable bonds is 3. The van der Waals surface area contributed by atoms with E-state index in [4.69, 9.17) is 0 Å². The highest BCUT2D eigenvalue weighted by atomic mass is 32.2. The van der Waals surface area contributed by atoms with E-state index >= 15 is 0 Å². The number of hydrogen-bond donors (Lipinski definition) is 2. The van der Waals surface area contributed by atoms with Gasteiger partial charge in [-0.1, -0.05) is 30.3 Å². The summed E-state index contributed by atoms with van der Waals surface area (Å²) in [5.74, 6) is 1.21. The molecule has 0 bridgehead atoms. The molecule has 2 N–H and O–H groups in total. The maximum Gasteiger partial charge on any atom is 0.106 e. The van der Waals surface area contributed by atoms with E-state index < -0.39 is 0 Å². The Morgan fingerprint density at radius 2 is 2.21 bits per heavy atom. The fourth-order valence-corrected chi connectivity index (χ4v) is 2.61. The zero-order chi connectivity index (χ0) is 9.80. The zero-order valence-electron chi connectivity index (χ0n) is 8.36. The quantitative estimate of drug-likeness (QED) is 0.794. The van der Waals surface area contributed by atoms with Crippen LogP contribution in [0.3, 0.4) is 0 Å². The van der Waals surface area contributed by atoms with Crippen molar-refractivity contribution >= 4 is 11.8 Å². The van der Waals surface area contributed by atoms with Gasteiger partial charge < -0.3 is 0 Å². The van der Waals surface area contributed by atoms with Gasteiger partial charge in [0.25, 0.3) is 0 Å². The Hall–Kier alpha value is -0.510. The van der Waals surface area contributed by atoms with Crippen molar-refractivity contribution in [3.8, 4) is 0 Å². The van der Waals surface area contributed by atoms with Crippen molar-refractivity contribution in [3.05, 3.63) is 35.9 Å². The summed E-state index contributed by atoms with van der Waals surface area (Å²) in [4.78, 5) is 0. The standard InChI is InChI=1S/C11H16N2S/c1-9(10-5-3-2-4-6-10)13-11-12-7-8-14-11/h2-6,9,11-13H,7-8H2,1H3/t9-,11?/m1/s1. The molecule has 0 aliphatic carbocycles. The number of thioether (sulfide) groups is 1. The number of nitrogens with one attached hydrogen (secondary N) is 2. The molecule has 0 spiro atoms. The molecule has 1 heterocycles. The van der Waals surface area contributed by atoms with Gasteiger partial charge in [0.15, 0.2) is 0 Å². The lowest BCUT2D eigenvalue weighted by Crippen LogP contribution is -2.36. The molecule has 1 aliphatic rings. The summed E-state index contributed by atoms with van der Waals surface area (Å²) in [6, 6.07) is 11.0. The van der Waals surface area contributed by atoms with E-state index in [9.17, 15) is 0 Å². The molecule has 2 rings (SSSR count). The lowest BCUT2D eigenvalue weighted by Gasteiger charge is -2.19. The monoisotopic (exact) mass is 208 g/mol. The molecule has 3 heteroatoms. The predicted molar refractivity (Wildman–Crippen MR) is 62.2 cm³/mol. The molecule has 1 aliphatic heterocycles. The van der Waals surface area contributed by atoms with Crippen LogP contribution < -0.4 is 10.6 Å². The minimum absolute atomic E-state index is 0.416. The van der Waals surface area contributed by atoms with Gasteiger partial charge in [-0.25, -0.2) is 0 Å². The first-order chi connectivity index (χ1) is 6.86. The van der Waals surface area contributed by atoms with E-state index in [-0.39, 0.29) is 0 Å². The summed E-state index contributed by atoms with van der Waals surface area (Å²) in [5, 5.41) is 6.96. The van der Waals surface area contributed by atoms with Crippen molar-refractivity contribution in [2.24, 2.45) is 0 Å². The average molecular weight is 208 g/mol. The van der Waals surface area contributed by atoms with E-state index in [1.165, 1.54) is 11.3 Å². The molecule has 0 aromatic heterocycles. The first-order valence-electron chi connectivity index (χ1n) is 5.02. The lowest BCUT2D eigenvalue weighted by atomic mass is 10.1. The van der Waals surface area contributed by atoms with Crippen LogP contribution in [0.2, 0.25) is 0 Å². The number of benzene rings is 1. The van der Waals surface area contributed by atoms with E-state index in [0.717, 1.165) is 6.54 Å². The van der Waals surface area contributed by atoms with Crippen LogP contribution in [0.1, 0.15) is 18.5 Å². The number of hydrogen-bond acceptors (Lipinski definition) is 3. The van der Waals surface area contributed by atoms with Gasteiger partial charge in [0, 0.05) is 18.3 Å². The summed E-state index contributed by atoms with van der Waals surface area (Å²) in [5.41, 5.74) is 1.77. The normalized spacial score (nSPS) is 23.6. The Morgan fingerprint density at radius 3 is 2.86 bits per heavy atom. The highest BCUT2D eigenvalue weighted by molar-refractivity contribution is 8.00. The molecular weight excluding hydrogens is 192 g/mol. The van der Waals surface area contributed by atoms with Gasteiger partial charge in [0.05, 0.1) is 0 Å². The van der Waals surface area contributed by atoms with Crippen LogP contribution in [-0.4, -0.2) is 17.8 Å².